The van der Waals surface area contributed by atoms with E-state index in [4.69, 9.17) is 0 Å². The summed E-state index contributed by atoms with van der Waals surface area (Å²) in [5.74, 6) is 0.874. The zero-order chi connectivity index (χ0) is 14.7. The second kappa shape index (κ2) is 5.87. The van der Waals surface area contributed by atoms with Crippen LogP contribution in [0.4, 0.5) is 5.69 Å². The first-order valence-electron chi connectivity index (χ1n) is 6.99. The Balaban J connectivity index is 1.69. The topological polar surface area (TPSA) is 86.9 Å². The van der Waals surface area contributed by atoms with E-state index in [0.29, 0.717) is 23.5 Å². The molecule has 21 heavy (non-hydrogen) atoms. The maximum atomic E-state index is 12.3. The minimum atomic E-state index is -3.45. The van der Waals surface area contributed by atoms with Gasteiger partial charge in [0.1, 0.15) is 10.7 Å². The van der Waals surface area contributed by atoms with E-state index in [9.17, 15) is 8.42 Å². The number of H-pyrrole nitrogens is 1. The second-order valence-corrected chi connectivity index (χ2v) is 6.79. The highest BCUT2D eigenvalue weighted by Gasteiger charge is 2.29. The molecule has 7 heteroatoms. The number of benzene rings is 1. The molecule has 0 radical (unpaired) electrons. The van der Waals surface area contributed by atoms with Crippen molar-refractivity contribution in [2.75, 3.05) is 11.9 Å². The van der Waals surface area contributed by atoms with E-state index in [1.54, 1.807) is 30.6 Å². The third-order valence-corrected chi connectivity index (χ3v) is 4.89. The molecule has 0 unspecified atom stereocenters. The second-order valence-electron chi connectivity index (χ2n) is 5.10. The molecule has 6 nitrogen and oxygen atoms in total. The summed E-state index contributed by atoms with van der Waals surface area (Å²) < 4.78 is 27.4. The molecule has 3 rings (SSSR count). The molecule has 1 saturated carbocycles. The maximum Gasteiger partial charge on any atom is 0.242 e. The van der Waals surface area contributed by atoms with E-state index in [2.05, 4.69) is 20.0 Å². The van der Waals surface area contributed by atoms with Gasteiger partial charge in [-0.2, -0.15) is 0 Å². The molecule has 1 aromatic heterocycles. The Morgan fingerprint density at radius 3 is 2.81 bits per heavy atom. The highest BCUT2D eigenvalue weighted by atomic mass is 32.2. The Bertz CT molecular complexity index is 694. The average molecular weight is 306 g/mol. The Hall–Kier alpha value is -1.86. The number of para-hydroxylation sites is 1. The molecule has 1 aliphatic carbocycles. The summed E-state index contributed by atoms with van der Waals surface area (Å²) in [6.45, 7) is 0.615. The summed E-state index contributed by atoms with van der Waals surface area (Å²) in [4.78, 5) is 7.46. The summed E-state index contributed by atoms with van der Waals surface area (Å²) in [5.41, 5.74) is 0.622. The van der Waals surface area contributed by atoms with Gasteiger partial charge in [-0.15, -0.1) is 0 Å². The fraction of sp³-hybridized carbons (Fsp3) is 0.357. The van der Waals surface area contributed by atoms with Crippen molar-refractivity contribution >= 4 is 15.7 Å². The van der Waals surface area contributed by atoms with Crippen molar-refractivity contribution in [2.45, 2.75) is 30.2 Å². The van der Waals surface area contributed by atoms with Crippen LogP contribution in [0.25, 0.3) is 0 Å². The standard InChI is InChI=1S/C14H18N4O2S/c19-21(20,18-11-5-6-11)13-4-2-1-3-12(13)15-8-7-14-16-9-10-17-14/h1-4,9-11,15,18H,5-8H2,(H,16,17). The summed E-state index contributed by atoms with van der Waals surface area (Å²) >= 11 is 0. The van der Waals surface area contributed by atoms with Crippen LogP contribution < -0.4 is 10.0 Å². The largest absolute Gasteiger partial charge is 0.383 e. The number of nitrogens with zero attached hydrogens (tertiary/aromatic N) is 1. The molecule has 0 aliphatic heterocycles. The third-order valence-electron chi connectivity index (χ3n) is 3.31. The van der Waals surface area contributed by atoms with Crippen molar-refractivity contribution in [3.8, 4) is 0 Å². The van der Waals surface area contributed by atoms with Gasteiger partial charge in [0, 0.05) is 31.4 Å². The van der Waals surface area contributed by atoms with Gasteiger partial charge in [-0.1, -0.05) is 12.1 Å². The Morgan fingerprint density at radius 2 is 2.10 bits per heavy atom. The molecule has 112 valence electrons. The van der Waals surface area contributed by atoms with E-state index in [0.717, 1.165) is 18.7 Å². The average Bonchev–Trinajstić information content (AvgIpc) is 3.11. The first kappa shape index (κ1) is 14.1. The van der Waals surface area contributed by atoms with Crippen molar-refractivity contribution in [1.29, 1.82) is 0 Å². The number of aromatic amines is 1. The van der Waals surface area contributed by atoms with Crippen molar-refractivity contribution < 1.29 is 8.42 Å². The van der Waals surface area contributed by atoms with E-state index >= 15 is 0 Å². The summed E-state index contributed by atoms with van der Waals surface area (Å²) in [7, 11) is -3.45. The number of aromatic nitrogens is 2. The highest BCUT2D eigenvalue weighted by molar-refractivity contribution is 7.89. The van der Waals surface area contributed by atoms with Crippen LogP contribution in [0.5, 0.6) is 0 Å². The van der Waals surface area contributed by atoms with Crippen LogP contribution in [0.3, 0.4) is 0 Å². The molecule has 2 aromatic rings. The van der Waals surface area contributed by atoms with Crippen LogP contribution in [0.2, 0.25) is 0 Å². The quantitative estimate of drug-likeness (QED) is 0.723. The predicted octanol–water partition coefficient (Wildman–Crippen LogP) is 1.50. The summed E-state index contributed by atoms with van der Waals surface area (Å²) in [6, 6.07) is 7.07. The van der Waals surface area contributed by atoms with Crippen LogP contribution >= 0.6 is 0 Å². The zero-order valence-electron chi connectivity index (χ0n) is 11.5. The lowest BCUT2D eigenvalue weighted by molar-refractivity contribution is 0.581. The Kier molecular flexibility index (Phi) is 3.94. The molecule has 0 atom stereocenters. The molecule has 3 N–H and O–H groups in total. The van der Waals surface area contributed by atoms with Gasteiger partial charge in [-0.25, -0.2) is 18.1 Å². The van der Waals surface area contributed by atoms with Gasteiger partial charge < -0.3 is 10.3 Å². The van der Waals surface area contributed by atoms with E-state index < -0.39 is 10.0 Å². The first-order chi connectivity index (χ1) is 10.1. The molecule has 0 amide bonds. The van der Waals surface area contributed by atoms with E-state index in [-0.39, 0.29) is 6.04 Å². The van der Waals surface area contributed by atoms with Gasteiger partial charge in [0.25, 0.3) is 0 Å². The molecule has 1 aliphatic rings. The smallest absolute Gasteiger partial charge is 0.242 e. The zero-order valence-corrected chi connectivity index (χ0v) is 12.4. The number of hydrogen-bond acceptors (Lipinski definition) is 4. The molecular weight excluding hydrogens is 288 g/mol. The summed E-state index contributed by atoms with van der Waals surface area (Å²) in [5, 5.41) is 3.17. The minimum absolute atomic E-state index is 0.103. The minimum Gasteiger partial charge on any atom is -0.383 e. The Morgan fingerprint density at radius 1 is 1.29 bits per heavy atom. The van der Waals surface area contributed by atoms with Gasteiger partial charge in [0.05, 0.1) is 5.69 Å². The van der Waals surface area contributed by atoms with Gasteiger partial charge in [0.15, 0.2) is 0 Å². The van der Waals surface area contributed by atoms with Crippen LogP contribution in [0.15, 0.2) is 41.6 Å². The molecule has 0 saturated heterocycles. The molecule has 1 aromatic carbocycles. The number of anilines is 1. The molecule has 0 bridgehead atoms. The maximum absolute atomic E-state index is 12.3. The molecule has 1 fully saturated rings. The number of imidazole rings is 1. The predicted molar refractivity (Wildman–Crippen MR) is 80.6 cm³/mol. The lowest BCUT2D eigenvalue weighted by atomic mass is 10.3. The van der Waals surface area contributed by atoms with Crippen molar-refractivity contribution in [1.82, 2.24) is 14.7 Å². The third kappa shape index (κ3) is 3.62. The van der Waals surface area contributed by atoms with Crippen LogP contribution in [0, 0.1) is 0 Å². The highest BCUT2D eigenvalue weighted by Crippen LogP contribution is 2.25. The number of hydrogen-bond donors (Lipinski definition) is 3. The lowest BCUT2D eigenvalue weighted by Gasteiger charge is -2.12. The Labute approximate surface area is 124 Å². The fourth-order valence-electron chi connectivity index (χ4n) is 2.08. The summed E-state index contributed by atoms with van der Waals surface area (Å²) in [6.07, 6.45) is 6.03. The van der Waals surface area contributed by atoms with Crippen LogP contribution in [0.1, 0.15) is 18.7 Å². The van der Waals surface area contributed by atoms with Crippen molar-refractivity contribution in [3.63, 3.8) is 0 Å². The van der Waals surface area contributed by atoms with Crippen molar-refractivity contribution in [3.05, 3.63) is 42.5 Å². The van der Waals surface area contributed by atoms with E-state index in [1.807, 2.05) is 6.07 Å². The van der Waals surface area contributed by atoms with Crippen molar-refractivity contribution in [2.24, 2.45) is 0 Å². The molecule has 0 spiro atoms. The molecular formula is C14H18N4O2S. The van der Waals surface area contributed by atoms with Gasteiger partial charge in [-0.3, -0.25) is 0 Å². The fourth-order valence-corrected chi connectivity index (χ4v) is 3.57. The van der Waals surface area contributed by atoms with Crippen LogP contribution in [-0.2, 0) is 16.4 Å². The van der Waals surface area contributed by atoms with Gasteiger partial charge in [-0.05, 0) is 25.0 Å². The normalized spacial score (nSPS) is 15.0. The lowest BCUT2D eigenvalue weighted by Crippen LogP contribution is -2.26. The number of sulfonamides is 1. The SMILES string of the molecule is O=S(=O)(NC1CC1)c1ccccc1NCCc1ncc[nH]1. The molecule has 1 heterocycles. The monoisotopic (exact) mass is 306 g/mol. The first-order valence-corrected chi connectivity index (χ1v) is 8.47. The van der Waals surface area contributed by atoms with E-state index in [1.165, 1.54) is 0 Å². The van der Waals surface area contributed by atoms with Crippen LogP contribution in [-0.4, -0.2) is 31.0 Å². The van der Waals surface area contributed by atoms with Gasteiger partial charge in [0.2, 0.25) is 10.0 Å². The van der Waals surface area contributed by atoms with Gasteiger partial charge >= 0.3 is 0 Å². The number of rotatable bonds is 7. The number of nitrogens with one attached hydrogen (secondary N) is 3.